The zero-order valence-electron chi connectivity index (χ0n) is 6.92. The van der Waals surface area contributed by atoms with Gasteiger partial charge in [0, 0.05) is 22.9 Å². The molecule has 0 aliphatic rings. The molecule has 2 aromatic rings. The second-order valence-electron chi connectivity index (χ2n) is 2.67. The van der Waals surface area contributed by atoms with E-state index >= 15 is 0 Å². The quantitative estimate of drug-likeness (QED) is 0.720. The normalized spacial score (nSPS) is 10.5. The van der Waals surface area contributed by atoms with Crippen molar-refractivity contribution in [2.75, 3.05) is 0 Å². The van der Waals surface area contributed by atoms with Crippen LogP contribution in [0.25, 0.3) is 5.69 Å². The molecule has 0 atom stereocenters. The van der Waals surface area contributed by atoms with Crippen molar-refractivity contribution in [3.63, 3.8) is 0 Å². The minimum absolute atomic E-state index is 0.458. The van der Waals surface area contributed by atoms with Crippen LogP contribution in [0.1, 0.15) is 0 Å². The molecule has 0 N–H and O–H groups in total. The number of aromatic nitrogens is 2. The van der Waals surface area contributed by atoms with Crippen molar-refractivity contribution < 1.29 is 8.78 Å². The summed E-state index contributed by atoms with van der Waals surface area (Å²) in [4.78, 5) is 0. The van der Waals surface area contributed by atoms with E-state index in [4.69, 9.17) is 0 Å². The summed E-state index contributed by atoms with van der Waals surface area (Å²) < 4.78 is 27.6. The summed E-state index contributed by atoms with van der Waals surface area (Å²) in [5.41, 5.74) is 0.467. The first-order valence-electron chi connectivity index (χ1n) is 3.83. The van der Waals surface area contributed by atoms with Gasteiger partial charge in [0.1, 0.15) is 0 Å². The Balaban J connectivity index is 2.60. The molecular weight excluding hydrogens is 254 g/mol. The molecule has 0 saturated heterocycles. The van der Waals surface area contributed by atoms with E-state index in [9.17, 15) is 8.78 Å². The number of hydrogen-bond acceptors (Lipinski definition) is 1. The lowest BCUT2D eigenvalue weighted by atomic mass is 10.3. The van der Waals surface area contributed by atoms with Crippen LogP contribution >= 0.6 is 15.9 Å². The largest absolute Gasteiger partial charge is 0.240 e. The van der Waals surface area contributed by atoms with Crippen LogP contribution in [0.15, 0.2) is 35.1 Å². The summed E-state index contributed by atoms with van der Waals surface area (Å²) in [6.45, 7) is 0. The van der Waals surface area contributed by atoms with E-state index in [-0.39, 0.29) is 0 Å². The van der Waals surface area contributed by atoms with Gasteiger partial charge in [0.2, 0.25) is 0 Å². The standard InChI is InChI=1S/C9H5BrF2N2/c10-6-4-7(11)8(12)5-9(6)14-3-1-2-13-14/h1-5H. The molecule has 5 heteroatoms. The van der Waals surface area contributed by atoms with Crippen LogP contribution in [0.3, 0.4) is 0 Å². The van der Waals surface area contributed by atoms with Crippen LogP contribution in [0.2, 0.25) is 0 Å². The van der Waals surface area contributed by atoms with Gasteiger partial charge in [-0.05, 0) is 28.1 Å². The molecule has 0 unspecified atom stereocenters. The highest BCUT2D eigenvalue weighted by molar-refractivity contribution is 9.10. The highest BCUT2D eigenvalue weighted by atomic mass is 79.9. The van der Waals surface area contributed by atoms with Crippen LogP contribution in [0.5, 0.6) is 0 Å². The Morgan fingerprint density at radius 2 is 1.93 bits per heavy atom. The summed E-state index contributed by atoms with van der Waals surface area (Å²) in [7, 11) is 0. The summed E-state index contributed by atoms with van der Waals surface area (Å²) >= 11 is 3.14. The van der Waals surface area contributed by atoms with Crippen LogP contribution < -0.4 is 0 Å². The first kappa shape index (κ1) is 9.33. The molecule has 0 saturated carbocycles. The summed E-state index contributed by atoms with van der Waals surface area (Å²) in [6, 6.07) is 3.87. The first-order valence-corrected chi connectivity index (χ1v) is 4.62. The summed E-state index contributed by atoms with van der Waals surface area (Å²) in [6.07, 6.45) is 3.21. The fraction of sp³-hybridized carbons (Fsp3) is 0. The van der Waals surface area contributed by atoms with E-state index in [1.54, 1.807) is 18.5 Å². The van der Waals surface area contributed by atoms with Crippen molar-refractivity contribution in [2.45, 2.75) is 0 Å². The van der Waals surface area contributed by atoms with Gasteiger partial charge in [0.25, 0.3) is 0 Å². The average molecular weight is 259 g/mol. The number of rotatable bonds is 1. The lowest BCUT2D eigenvalue weighted by Crippen LogP contribution is -1.98. The Morgan fingerprint density at radius 1 is 1.21 bits per heavy atom. The third-order valence-electron chi connectivity index (χ3n) is 1.74. The summed E-state index contributed by atoms with van der Waals surface area (Å²) in [5.74, 6) is -1.77. The van der Waals surface area contributed by atoms with Crippen molar-refractivity contribution in [3.8, 4) is 5.69 Å². The predicted molar refractivity (Wildman–Crippen MR) is 51.2 cm³/mol. The maximum atomic E-state index is 12.9. The van der Waals surface area contributed by atoms with E-state index in [1.807, 2.05) is 0 Å². The fourth-order valence-corrected chi connectivity index (χ4v) is 1.60. The Kier molecular flexibility index (Phi) is 2.33. The molecule has 0 spiro atoms. The molecule has 0 amide bonds. The molecular formula is C9H5BrF2N2. The van der Waals surface area contributed by atoms with Gasteiger partial charge in [-0.3, -0.25) is 0 Å². The van der Waals surface area contributed by atoms with Crippen LogP contribution in [0, 0.1) is 11.6 Å². The zero-order valence-corrected chi connectivity index (χ0v) is 8.50. The number of halogens is 3. The van der Waals surface area contributed by atoms with Gasteiger partial charge in [-0.25, -0.2) is 13.5 Å². The summed E-state index contributed by atoms with van der Waals surface area (Å²) in [5, 5.41) is 3.92. The van der Waals surface area contributed by atoms with E-state index in [1.165, 1.54) is 4.68 Å². The third-order valence-corrected chi connectivity index (χ3v) is 2.38. The Bertz CT molecular complexity index is 454. The predicted octanol–water partition coefficient (Wildman–Crippen LogP) is 2.91. The molecule has 1 aromatic carbocycles. The maximum absolute atomic E-state index is 12.9. The lowest BCUT2D eigenvalue weighted by Gasteiger charge is -2.04. The first-order chi connectivity index (χ1) is 6.68. The molecule has 0 aliphatic heterocycles. The Morgan fingerprint density at radius 3 is 2.57 bits per heavy atom. The second-order valence-corrected chi connectivity index (χ2v) is 3.52. The van der Waals surface area contributed by atoms with Gasteiger partial charge in [-0.1, -0.05) is 0 Å². The molecule has 14 heavy (non-hydrogen) atoms. The van der Waals surface area contributed by atoms with Gasteiger partial charge in [0.15, 0.2) is 11.6 Å². The number of benzene rings is 1. The van der Waals surface area contributed by atoms with Crippen molar-refractivity contribution in [1.82, 2.24) is 9.78 Å². The average Bonchev–Trinajstić information content (AvgIpc) is 2.64. The Labute approximate surface area is 87.3 Å². The van der Waals surface area contributed by atoms with Gasteiger partial charge in [0.05, 0.1) is 5.69 Å². The van der Waals surface area contributed by atoms with E-state index in [0.29, 0.717) is 10.2 Å². The topological polar surface area (TPSA) is 17.8 Å². The molecule has 72 valence electrons. The third kappa shape index (κ3) is 1.55. The Hall–Kier alpha value is -1.23. The fourth-order valence-electron chi connectivity index (χ4n) is 1.10. The van der Waals surface area contributed by atoms with Crippen molar-refractivity contribution in [1.29, 1.82) is 0 Å². The van der Waals surface area contributed by atoms with Crippen molar-refractivity contribution in [3.05, 3.63) is 46.7 Å². The molecule has 2 nitrogen and oxygen atoms in total. The second kappa shape index (κ2) is 3.49. The SMILES string of the molecule is Fc1cc(Br)c(-n2cccn2)cc1F. The van der Waals surface area contributed by atoms with E-state index < -0.39 is 11.6 Å². The van der Waals surface area contributed by atoms with Gasteiger partial charge in [-0.2, -0.15) is 5.10 Å². The van der Waals surface area contributed by atoms with Gasteiger partial charge in [-0.15, -0.1) is 0 Å². The van der Waals surface area contributed by atoms with Gasteiger partial charge >= 0.3 is 0 Å². The van der Waals surface area contributed by atoms with E-state index in [2.05, 4.69) is 21.0 Å². The van der Waals surface area contributed by atoms with Crippen molar-refractivity contribution in [2.24, 2.45) is 0 Å². The van der Waals surface area contributed by atoms with Crippen LogP contribution in [0.4, 0.5) is 8.78 Å². The number of nitrogens with zero attached hydrogens (tertiary/aromatic N) is 2. The van der Waals surface area contributed by atoms with Crippen LogP contribution in [-0.2, 0) is 0 Å². The zero-order chi connectivity index (χ0) is 10.1. The molecule has 0 aliphatic carbocycles. The molecule has 1 aromatic heterocycles. The van der Waals surface area contributed by atoms with Crippen LogP contribution in [-0.4, -0.2) is 9.78 Å². The molecule has 0 fully saturated rings. The number of hydrogen-bond donors (Lipinski definition) is 0. The minimum atomic E-state index is -0.890. The van der Waals surface area contributed by atoms with Gasteiger partial charge < -0.3 is 0 Å². The highest BCUT2D eigenvalue weighted by Gasteiger charge is 2.09. The van der Waals surface area contributed by atoms with Crippen molar-refractivity contribution >= 4 is 15.9 Å². The molecule has 2 rings (SSSR count). The molecule has 0 bridgehead atoms. The minimum Gasteiger partial charge on any atom is -0.240 e. The maximum Gasteiger partial charge on any atom is 0.161 e. The molecule has 1 heterocycles. The lowest BCUT2D eigenvalue weighted by molar-refractivity contribution is 0.506. The molecule has 0 radical (unpaired) electrons. The monoisotopic (exact) mass is 258 g/mol. The van der Waals surface area contributed by atoms with E-state index in [0.717, 1.165) is 12.1 Å². The smallest absolute Gasteiger partial charge is 0.161 e. The highest BCUT2D eigenvalue weighted by Crippen LogP contribution is 2.23.